The maximum atomic E-state index is 12.8. The van der Waals surface area contributed by atoms with E-state index < -0.39 is 0 Å². The van der Waals surface area contributed by atoms with Crippen molar-refractivity contribution in [1.82, 2.24) is 30.4 Å². The number of nitrogens with zero attached hydrogens (tertiary/aromatic N) is 5. The van der Waals surface area contributed by atoms with Crippen LogP contribution in [0, 0.1) is 0 Å². The largest absolute Gasteiger partial charge is 0.354 e. The molecule has 1 aromatic carbocycles. The summed E-state index contributed by atoms with van der Waals surface area (Å²) in [6.07, 6.45) is 5.34. The monoisotopic (exact) mass is 354 g/mol. The summed E-state index contributed by atoms with van der Waals surface area (Å²) in [6, 6.07) is 10.2. The second kappa shape index (κ2) is 8.71. The molecule has 2 heterocycles. The quantitative estimate of drug-likeness (QED) is 0.765. The van der Waals surface area contributed by atoms with Crippen molar-refractivity contribution >= 4 is 5.91 Å². The molecule has 1 aromatic heterocycles. The predicted molar refractivity (Wildman–Crippen MR) is 99.4 cm³/mol. The van der Waals surface area contributed by atoms with Crippen LogP contribution in [0.2, 0.25) is 0 Å². The summed E-state index contributed by atoms with van der Waals surface area (Å²) in [5, 5.41) is 14.5. The lowest BCUT2D eigenvalue weighted by molar-refractivity contribution is -0.125. The van der Waals surface area contributed by atoms with E-state index in [0.717, 1.165) is 25.9 Å². The number of benzene rings is 1. The SMILES string of the molecule is CC(C)=CCN1C[C@H](n2cnnn2)C[C@H]1C(=O)NCCc1ccccc1. The van der Waals surface area contributed by atoms with E-state index in [9.17, 15) is 4.79 Å². The molecule has 0 saturated carbocycles. The molecule has 2 aromatic rings. The number of hydrogen-bond acceptors (Lipinski definition) is 5. The minimum atomic E-state index is -0.157. The second-order valence-corrected chi connectivity index (χ2v) is 6.96. The molecule has 1 amide bonds. The molecule has 138 valence electrons. The third kappa shape index (κ3) is 4.76. The van der Waals surface area contributed by atoms with Gasteiger partial charge in [0.1, 0.15) is 6.33 Å². The maximum Gasteiger partial charge on any atom is 0.237 e. The van der Waals surface area contributed by atoms with Crippen molar-refractivity contribution in [3.63, 3.8) is 0 Å². The molecule has 1 aliphatic heterocycles. The molecule has 1 aliphatic rings. The van der Waals surface area contributed by atoms with E-state index in [4.69, 9.17) is 0 Å². The number of tetrazole rings is 1. The second-order valence-electron chi connectivity index (χ2n) is 6.96. The van der Waals surface area contributed by atoms with Crippen molar-refractivity contribution in [3.05, 3.63) is 53.9 Å². The predicted octanol–water partition coefficient (Wildman–Crippen LogP) is 1.61. The van der Waals surface area contributed by atoms with Gasteiger partial charge >= 0.3 is 0 Å². The highest BCUT2D eigenvalue weighted by Crippen LogP contribution is 2.26. The highest BCUT2D eigenvalue weighted by Gasteiger charge is 2.37. The number of carbonyl (C=O) groups is 1. The summed E-state index contributed by atoms with van der Waals surface area (Å²) in [5.41, 5.74) is 2.48. The molecule has 1 saturated heterocycles. The van der Waals surface area contributed by atoms with Crippen molar-refractivity contribution in [2.24, 2.45) is 0 Å². The summed E-state index contributed by atoms with van der Waals surface area (Å²) in [5.74, 6) is 0.0821. The number of hydrogen-bond donors (Lipinski definition) is 1. The molecule has 0 unspecified atom stereocenters. The average Bonchev–Trinajstić information content (AvgIpc) is 3.30. The Morgan fingerprint density at radius 1 is 1.31 bits per heavy atom. The van der Waals surface area contributed by atoms with Gasteiger partial charge in [-0.25, -0.2) is 4.68 Å². The Morgan fingerprint density at radius 2 is 2.12 bits per heavy atom. The number of amides is 1. The van der Waals surface area contributed by atoms with E-state index in [1.165, 1.54) is 11.1 Å². The van der Waals surface area contributed by atoms with Crippen LogP contribution in [0.3, 0.4) is 0 Å². The van der Waals surface area contributed by atoms with Crippen LogP contribution < -0.4 is 5.32 Å². The Kier molecular flexibility index (Phi) is 6.12. The fourth-order valence-corrected chi connectivity index (χ4v) is 3.27. The van der Waals surface area contributed by atoms with Crippen molar-refractivity contribution in [2.45, 2.75) is 38.8 Å². The smallest absolute Gasteiger partial charge is 0.237 e. The number of nitrogens with one attached hydrogen (secondary N) is 1. The van der Waals surface area contributed by atoms with Crippen LogP contribution in [0.1, 0.15) is 31.9 Å². The van der Waals surface area contributed by atoms with E-state index in [1.807, 2.05) is 18.2 Å². The summed E-state index contributed by atoms with van der Waals surface area (Å²) < 4.78 is 1.76. The standard InChI is InChI=1S/C19H26N6O/c1-15(2)9-11-24-13-17(25-14-21-22-23-25)12-18(24)19(26)20-10-8-16-6-4-3-5-7-16/h3-7,9,14,17-18H,8,10-13H2,1-2H3,(H,20,26)/t17-,18+/m1/s1. The molecule has 7 heteroatoms. The minimum absolute atomic E-state index is 0.0821. The summed E-state index contributed by atoms with van der Waals surface area (Å²) >= 11 is 0. The van der Waals surface area contributed by atoms with Crippen LogP contribution in [0.4, 0.5) is 0 Å². The van der Waals surface area contributed by atoms with Gasteiger partial charge in [0.2, 0.25) is 5.91 Å². The van der Waals surface area contributed by atoms with Gasteiger partial charge in [-0.05, 0) is 42.7 Å². The molecule has 7 nitrogen and oxygen atoms in total. The first kappa shape index (κ1) is 18.3. The highest BCUT2D eigenvalue weighted by atomic mass is 16.2. The molecule has 0 radical (unpaired) electrons. The number of carbonyl (C=O) groups excluding carboxylic acids is 1. The van der Waals surface area contributed by atoms with Crippen molar-refractivity contribution < 1.29 is 4.79 Å². The number of rotatable bonds is 7. The van der Waals surface area contributed by atoms with Gasteiger partial charge in [-0.1, -0.05) is 42.0 Å². The van der Waals surface area contributed by atoms with E-state index in [1.54, 1.807) is 11.0 Å². The average molecular weight is 354 g/mol. The Labute approximate surface area is 154 Å². The summed E-state index contributed by atoms with van der Waals surface area (Å²) in [7, 11) is 0. The van der Waals surface area contributed by atoms with Crippen LogP contribution in [-0.4, -0.2) is 56.7 Å². The molecule has 1 fully saturated rings. The zero-order valence-electron chi connectivity index (χ0n) is 15.4. The van der Waals surface area contributed by atoms with Crippen LogP contribution >= 0.6 is 0 Å². The number of aromatic nitrogens is 4. The van der Waals surface area contributed by atoms with Crippen molar-refractivity contribution in [3.8, 4) is 0 Å². The van der Waals surface area contributed by atoms with Crippen LogP contribution in [0.25, 0.3) is 0 Å². The van der Waals surface area contributed by atoms with Crippen LogP contribution in [0.15, 0.2) is 48.3 Å². The van der Waals surface area contributed by atoms with Crippen LogP contribution in [-0.2, 0) is 11.2 Å². The first-order valence-corrected chi connectivity index (χ1v) is 9.05. The number of likely N-dealkylation sites (tertiary alicyclic amines) is 1. The van der Waals surface area contributed by atoms with Gasteiger partial charge in [0.25, 0.3) is 0 Å². The van der Waals surface area contributed by atoms with Crippen molar-refractivity contribution in [1.29, 1.82) is 0 Å². The molecule has 0 bridgehead atoms. The lowest BCUT2D eigenvalue weighted by Crippen LogP contribution is -2.43. The van der Waals surface area contributed by atoms with Gasteiger partial charge < -0.3 is 5.32 Å². The Hall–Kier alpha value is -2.54. The Bertz CT molecular complexity index is 724. The zero-order valence-corrected chi connectivity index (χ0v) is 15.4. The molecular formula is C19H26N6O. The van der Waals surface area contributed by atoms with E-state index in [0.29, 0.717) is 6.54 Å². The lowest BCUT2D eigenvalue weighted by atomic mass is 10.1. The molecule has 2 atom stereocenters. The minimum Gasteiger partial charge on any atom is -0.354 e. The molecule has 26 heavy (non-hydrogen) atoms. The molecule has 0 aliphatic carbocycles. The summed E-state index contributed by atoms with van der Waals surface area (Å²) in [4.78, 5) is 15.0. The van der Waals surface area contributed by atoms with E-state index in [-0.39, 0.29) is 18.0 Å². The normalized spacial score (nSPS) is 20.1. The zero-order chi connectivity index (χ0) is 18.4. The van der Waals surface area contributed by atoms with Gasteiger partial charge in [-0.15, -0.1) is 5.10 Å². The van der Waals surface area contributed by atoms with E-state index >= 15 is 0 Å². The fourth-order valence-electron chi connectivity index (χ4n) is 3.27. The van der Waals surface area contributed by atoms with Gasteiger partial charge in [0.15, 0.2) is 0 Å². The third-order valence-corrected chi connectivity index (χ3v) is 4.71. The number of allylic oxidation sites excluding steroid dienone is 1. The molecular weight excluding hydrogens is 328 g/mol. The van der Waals surface area contributed by atoms with Crippen molar-refractivity contribution in [2.75, 3.05) is 19.6 Å². The first-order chi connectivity index (χ1) is 12.6. The molecule has 0 spiro atoms. The first-order valence-electron chi connectivity index (χ1n) is 9.05. The van der Waals surface area contributed by atoms with Gasteiger partial charge in [-0.2, -0.15) is 0 Å². The van der Waals surface area contributed by atoms with E-state index in [2.05, 4.69) is 57.8 Å². The van der Waals surface area contributed by atoms with Gasteiger partial charge in [-0.3, -0.25) is 9.69 Å². The highest BCUT2D eigenvalue weighted by molar-refractivity contribution is 5.82. The van der Waals surface area contributed by atoms with Gasteiger partial charge in [0, 0.05) is 19.6 Å². The lowest BCUT2D eigenvalue weighted by Gasteiger charge is -2.22. The Balaban J connectivity index is 1.60. The molecule has 3 rings (SSSR count). The molecule has 1 N–H and O–H groups in total. The Morgan fingerprint density at radius 3 is 2.81 bits per heavy atom. The topological polar surface area (TPSA) is 75.9 Å². The van der Waals surface area contributed by atoms with Gasteiger partial charge in [0.05, 0.1) is 12.1 Å². The summed E-state index contributed by atoms with van der Waals surface area (Å²) in [6.45, 7) is 6.32. The third-order valence-electron chi connectivity index (χ3n) is 4.71. The maximum absolute atomic E-state index is 12.8. The fraction of sp³-hybridized carbons (Fsp3) is 0.474. The van der Waals surface area contributed by atoms with Crippen LogP contribution in [0.5, 0.6) is 0 Å².